The first kappa shape index (κ1) is 21.2. The molecule has 2 heterocycles. The monoisotopic (exact) mass is 472 g/mol. The highest BCUT2D eigenvalue weighted by Crippen LogP contribution is 2.34. The molecule has 0 saturated heterocycles. The Morgan fingerprint density at radius 2 is 1.68 bits per heavy atom. The number of nitrogens with zero attached hydrogens (tertiary/aromatic N) is 1. The number of aromatic nitrogens is 1. The van der Waals surface area contributed by atoms with Crippen molar-refractivity contribution in [1.82, 2.24) is 4.40 Å². The van der Waals surface area contributed by atoms with Gasteiger partial charge in [-0.25, -0.2) is 0 Å². The van der Waals surface area contributed by atoms with Crippen molar-refractivity contribution in [2.24, 2.45) is 0 Å². The number of benzene rings is 2. The first-order valence-corrected chi connectivity index (χ1v) is 10.3. The van der Waals surface area contributed by atoms with E-state index in [1.165, 1.54) is 25.3 Å². The third-order valence-electron chi connectivity index (χ3n) is 4.68. The highest BCUT2D eigenvalue weighted by molar-refractivity contribution is 6.47. The Hall–Kier alpha value is -2.99. The van der Waals surface area contributed by atoms with E-state index in [1.54, 1.807) is 34.9 Å². The minimum absolute atomic E-state index is 0.211. The van der Waals surface area contributed by atoms with Gasteiger partial charge in [0.05, 0.1) is 12.1 Å². The first-order chi connectivity index (χ1) is 14.9. The summed E-state index contributed by atoms with van der Waals surface area (Å²) in [5.41, 5.74) is 2.54. The standard InChI is InChI=1S/C23H15Cl3N2O3/c1-31-20-6-5-13(8-19(20)26)18-12-17-4-2-3-7-28(17)21(18)22(29)23(30)27-16-10-14(24)9-15(25)11-16/h2-12H,1H3,(H,27,30). The van der Waals surface area contributed by atoms with Gasteiger partial charge in [0.1, 0.15) is 11.4 Å². The number of Topliss-reactive ketones (excluding diaryl/α,β-unsaturated/α-hetero) is 1. The van der Waals surface area contributed by atoms with Crippen molar-refractivity contribution in [3.63, 3.8) is 0 Å². The Bertz CT molecular complexity index is 1310. The fourth-order valence-electron chi connectivity index (χ4n) is 3.33. The number of ether oxygens (including phenoxy) is 1. The summed E-state index contributed by atoms with van der Waals surface area (Å²) >= 11 is 18.3. The SMILES string of the molecule is COc1ccc(-c2cc3ccccn3c2C(=O)C(=O)Nc2cc(Cl)cc(Cl)c2)cc1Cl. The summed E-state index contributed by atoms with van der Waals surface area (Å²) in [6, 6.07) is 17.1. The maximum Gasteiger partial charge on any atom is 0.298 e. The molecule has 5 nitrogen and oxygen atoms in total. The second-order valence-corrected chi connectivity index (χ2v) is 7.97. The van der Waals surface area contributed by atoms with Crippen molar-refractivity contribution in [1.29, 1.82) is 0 Å². The van der Waals surface area contributed by atoms with Gasteiger partial charge in [-0.15, -0.1) is 0 Å². The van der Waals surface area contributed by atoms with Crippen LogP contribution in [0, 0.1) is 0 Å². The van der Waals surface area contributed by atoms with Gasteiger partial charge in [-0.05, 0) is 54.1 Å². The van der Waals surface area contributed by atoms with Crippen molar-refractivity contribution < 1.29 is 14.3 Å². The second kappa shape index (κ2) is 8.63. The Morgan fingerprint density at radius 1 is 0.935 bits per heavy atom. The molecule has 4 aromatic rings. The summed E-state index contributed by atoms with van der Waals surface area (Å²) < 4.78 is 6.87. The Morgan fingerprint density at radius 3 is 2.35 bits per heavy atom. The number of carbonyl (C=O) groups excluding carboxylic acids is 2. The lowest BCUT2D eigenvalue weighted by Gasteiger charge is -2.09. The average Bonchev–Trinajstić information content (AvgIpc) is 3.11. The zero-order valence-electron chi connectivity index (χ0n) is 16.2. The second-order valence-electron chi connectivity index (χ2n) is 6.69. The van der Waals surface area contributed by atoms with Crippen molar-refractivity contribution in [2.45, 2.75) is 0 Å². The molecule has 8 heteroatoms. The minimum atomic E-state index is -0.817. The summed E-state index contributed by atoms with van der Waals surface area (Å²) in [4.78, 5) is 26.1. The summed E-state index contributed by atoms with van der Waals surface area (Å²) in [6.07, 6.45) is 1.72. The maximum absolute atomic E-state index is 13.2. The van der Waals surface area contributed by atoms with Gasteiger partial charge < -0.3 is 14.5 Å². The molecule has 1 N–H and O–H groups in total. The first-order valence-electron chi connectivity index (χ1n) is 9.13. The smallest absolute Gasteiger partial charge is 0.298 e. The lowest BCUT2D eigenvalue weighted by Crippen LogP contribution is -2.24. The van der Waals surface area contributed by atoms with Gasteiger partial charge in [0, 0.05) is 33.0 Å². The summed E-state index contributed by atoms with van der Waals surface area (Å²) in [7, 11) is 1.52. The number of fused-ring (bicyclic) bond motifs is 1. The van der Waals surface area contributed by atoms with Crippen LogP contribution in [0.3, 0.4) is 0 Å². The van der Waals surface area contributed by atoms with E-state index in [1.807, 2.05) is 18.2 Å². The maximum atomic E-state index is 13.2. The number of rotatable bonds is 5. The number of anilines is 1. The Labute approximate surface area is 193 Å². The average molecular weight is 474 g/mol. The van der Waals surface area contributed by atoms with Crippen LogP contribution in [0.1, 0.15) is 10.5 Å². The van der Waals surface area contributed by atoms with E-state index in [9.17, 15) is 9.59 Å². The fraction of sp³-hybridized carbons (Fsp3) is 0.0435. The molecule has 2 aromatic carbocycles. The zero-order chi connectivity index (χ0) is 22.1. The largest absolute Gasteiger partial charge is 0.495 e. The van der Waals surface area contributed by atoms with Gasteiger partial charge in [-0.1, -0.05) is 46.9 Å². The summed E-state index contributed by atoms with van der Waals surface area (Å²) in [5.74, 6) is -1.02. The molecule has 0 spiro atoms. The molecular weight excluding hydrogens is 459 g/mol. The van der Waals surface area contributed by atoms with Crippen LogP contribution in [-0.4, -0.2) is 23.2 Å². The van der Waals surface area contributed by atoms with E-state index in [0.717, 1.165) is 5.52 Å². The summed E-state index contributed by atoms with van der Waals surface area (Å²) in [6.45, 7) is 0. The van der Waals surface area contributed by atoms with E-state index >= 15 is 0 Å². The number of hydrogen-bond acceptors (Lipinski definition) is 3. The van der Waals surface area contributed by atoms with Gasteiger partial charge in [0.2, 0.25) is 0 Å². The van der Waals surface area contributed by atoms with Gasteiger partial charge in [-0.3, -0.25) is 9.59 Å². The zero-order valence-corrected chi connectivity index (χ0v) is 18.4. The molecule has 0 aliphatic rings. The molecule has 0 aliphatic heterocycles. The Balaban J connectivity index is 1.78. The molecular formula is C23H15Cl3N2O3. The van der Waals surface area contributed by atoms with Gasteiger partial charge in [0.15, 0.2) is 0 Å². The van der Waals surface area contributed by atoms with E-state index in [4.69, 9.17) is 39.5 Å². The van der Waals surface area contributed by atoms with E-state index in [2.05, 4.69) is 5.32 Å². The molecule has 0 unspecified atom stereocenters. The van der Waals surface area contributed by atoms with Gasteiger partial charge >= 0.3 is 0 Å². The van der Waals surface area contributed by atoms with Crippen molar-refractivity contribution in [3.05, 3.63) is 87.6 Å². The van der Waals surface area contributed by atoms with E-state index in [-0.39, 0.29) is 5.69 Å². The fourth-order valence-corrected chi connectivity index (χ4v) is 4.11. The van der Waals surface area contributed by atoms with Gasteiger partial charge in [-0.2, -0.15) is 0 Å². The molecule has 1 amide bonds. The van der Waals surface area contributed by atoms with Crippen molar-refractivity contribution >= 4 is 57.7 Å². The van der Waals surface area contributed by atoms with Crippen LogP contribution < -0.4 is 10.1 Å². The van der Waals surface area contributed by atoms with Crippen LogP contribution in [0.4, 0.5) is 5.69 Å². The van der Waals surface area contributed by atoms with E-state index < -0.39 is 11.7 Å². The van der Waals surface area contributed by atoms with E-state index in [0.29, 0.717) is 37.6 Å². The summed E-state index contributed by atoms with van der Waals surface area (Å²) in [5, 5.41) is 3.65. The Kier molecular flexibility index (Phi) is 5.92. The quantitative estimate of drug-likeness (QED) is 0.270. The predicted octanol–water partition coefficient (Wildman–Crippen LogP) is 6.40. The minimum Gasteiger partial charge on any atom is -0.495 e. The molecule has 2 aromatic heterocycles. The van der Waals surface area contributed by atoms with Crippen LogP contribution in [0.15, 0.2) is 66.9 Å². The van der Waals surface area contributed by atoms with Crippen LogP contribution in [-0.2, 0) is 4.79 Å². The molecule has 0 saturated carbocycles. The predicted molar refractivity (Wildman–Crippen MR) is 124 cm³/mol. The van der Waals surface area contributed by atoms with Crippen molar-refractivity contribution in [3.8, 4) is 16.9 Å². The van der Waals surface area contributed by atoms with Crippen LogP contribution >= 0.6 is 34.8 Å². The molecule has 31 heavy (non-hydrogen) atoms. The number of halogens is 3. The topological polar surface area (TPSA) is 59.8 Å². The highest BCUT2D eigenvalue weighted by Gasteiger charge is 2.25. The number of carbonyl (C=O) groups is 2. The lowest BCUT2D eigenvalue weighted by molar-refractivity contribution is -0.112. The number of amides is 1. The third kappa shape index (κ3) is 4.26. The highest BCUT2D eigenvalue weighted by atomic mass is 35.5. The third-order valence-corrected chi connectivity index (χ3v) is 5.42. The van der Waals surface area contributed by atoms with Crippen LogP contribution in [0.25, 0.3) is 16.6 Å². The van der Waals surface area contributed by atoms with Gasteiger partial charge in [0.25, 0.3) is 11.7 Å². The molecule has 0 radical (unpaired) electrons. The molecule has 0 fully saturated rings. The molecule has 156 valence electrons. The lowest BCUT2D eigenvalue weighted by atomic mass is 10.0. The number of pyridine rings is 1. The molecule has 0 aliphatic carbocycles. The molecule has 0 bridgehead atoms. The number of methoxy groups -OCH3 is 1. The normalized spacial score (nSPS) is 10.8. The molecule has 0 atom stereocenters. The van der Waals surface area contributed by atoms with Crippen molar-refractivity contribution in [2.75, 3.05) is 12.4 Å². The number of ketones is 1. The molecule has 4 rings (SSSR count). The van der Waals surface area contributed by atoms with Crippen LogP contribution in [0.5, 0.6) is 5.75 Å². The van der Waals surface area contributed by atoms with Crippen LogP contribution in [0.2, 0.25) is 15.1 Å². The number of nitrogens with one attached hydrogen (secondary N) is 1. The number of hydrogen-bond donors (Lipinski definition) is 1.